The maximum atomic E-state index is 13.5. The molecule has 4 heteroatoms. The summed E-state index contributed by atoms with van der Waals surface area (Å²) in [6, 6.07) is 4.64. The van der Waals surface area contributed by atoms with Crippen LogP contribution in [-0.4, -0.2) is 23.5 Å². The van der Waals surface area contributed by atoms with Crippen molar-refractivity contribution in [3.8, 4) is 0 Å². The van der Waals surface area contributed by atoms with E-state index in [0.29, 0.717) is 0 Å². The van der Waals surface area contributed by atoms with E-state index in [0.717, 1.165) is 41.7 Å². The molecule has 100 valence electrons. The highest BCUT2D eigenvalue weighted by Gasteiger charge is 2.22. The Bertz CT molecular complexity index is 637. The minimum atomic E-state index is -0.236. The third-order valence-electron chi connectivity index (χ3n) is 3.79. The number of hydrogen-bond donors (Lipinski definition) is 1. The molecule has 1 aromatic carbocycles. The second-order valence-electron chi connectivity index (χ2n) is 5.39. The van der Waals surface area contributed by atoms with E-state index in [-0.39, 0.29) is 11.9 Å². The number of fused-ring (bicyclic) bond motifs is 2. The first-order valence-corrected chi connectivity index (χ1v) is 6.61. The Morgan fingerprint density at radius 3 is 2.95 bits per heavy atom. The molecule has 0 aliphatic carbocycles. The van der Waals surface area contributed by atoms with Crippen LogP contribution in [0.3, 0.4) is 0 Å². The number of nitrogens with zero attached hydrogens (tertiary/aromatic N) is 2. The molecule has 0 fully saturated rings. The normalized spacial score (nSPS) is 17.5. The molecule has 1 unspecified atom stereocenters. The smallest absolute Gasteiger partial charge is 0.123 e. The molecule has 3 rings (SSSR count). The molecule has 1 aromatic heterocycles. The summed E-state index contributed by atoms with van der Waals surface area (Å²) < 4.78 is 13.5. The number of pyridine rings is 1. The summed E-state index contributed by atoms with van der Waals surface area (Å²) in [7, 11) is 2.09. The van der Waals surface area contributed by atoms with E-state index in [9.17, 15) is 4.39 Å². The molecule has 1 aliphatic heterocycles. The quantitative estimate of drug-likeness (QED) is 0.855. The average Bonchev–Trinajstić information content (AvgIpc) is 2.35. The van der Waals surface area contributed by atoms with E-state index in [1.165, 1.54) is 11.6 Å². The highest BCUT2D eigenvalue weighted by molar-refractivity contribution is 5.84. The first-order valence-electron chi connectivity index (χ1n) is 6.61. The topological polar surface area (TPSA) is 42.1 Å². The van der Waals surface area contributed by atoms with Gasteiger partial charge < -0.3 is 10.6 Å². The molecule has 0 saturated carbocycles. The molecule has 0 saturated heterocycles. The maximum absolute atomic E-state index is 13.5. The van der Waals surface area contributed by atoms with E-state index >= 15 is 0 Å². The minimum absolute atomic E-state index is 0.118. The van der Waals surface area contributed by atoms with Crippen molar-refractivity contribution in [2.75, 3.05) is 13.6 Å². The van der Waals surface area contributed by atoms with Crippen molar-refractivity contribution in [3.05, 3.63) is 40.8 Å². The highest BCUT2D eigenvalue weighted by atomic mass is 19.1. The van der Waals surface area contributed by atoms with E-state index in [4.69, 9.17) is 5.73 Å². The van der Waals surface area contributed by atoms with Crippen molar-refractivity contribution >= 4 is 10.9 Å². The second-order valence-corrected chi connectivity index (χ2v) is 5.39. The van der Waals surface area contributed by atoms with Gasteiger partial charge in [0.05, 0.1) is 5.52 Å². The highest BCUT2D eigenvalue weighted by Crippen LogP contribution is 2.31. The zero-order valence-corrected chi connectivity index (χ0v) is 11.3. The number of benzene rings is 1. The second kappa shape index (κ2) is 4.54. The van der Waals surface area contributed by atoms with Gasteiger partial charge in [-0.3, -0.25) is 4.98 Å². The maximum Gasteiger partial charge on any atom is 0.123 e. The van der Waals surface area contributed by atoms with Crippen molar-refractivity contribution in [1.29, 1.82) is 0 Å². The van der Waals surface area contributed by atoms with Crippen LogP contribution in [0, 0.1) is 5.82 Å². The Hall–Kier alpha value is -1.52. The monoisotopic (exact) mass is 259 g/mol. The summed E-state index contributed by atoms with van der Waals surface area (Å²) in [4.78, 5) is 6.94. The van der Waals surface area contributed by atoms with Crippen LogP contribution in [0.5, 0.6) is 0 Å². The molecule has 0 radical (unpaired) electrons. The first-order chi connectivity index (χ1) is 9.06. The molecule has 3 nitrogen and oxygen atoms in total. The van der Waals surface area contributed by atoms with E-state index in [1.54, 1.807) is 12.1 Å². The van der Waals surface area contributed by atoms with Gasteiger partial charge in [-0.25, -0.2) is 4.39 Å². The summed E-state index contributed by atoms with van der Waals surface area (Å²) in [5.74, 6) is -0.236. The standard InChI is InChI=1S/C15H18FN3/c1-9(17)15-11-7-10(16)3-4-13(11)18-14-5-6-19(2)8-12(14)15/h3-4,7,9H,5-6,8,17H2,1-2H3. The molecular weight excluding hydrogens is 241 g/mol. The summed E-state index contributed by atoms with van der Waals surface area (Å²) >= 11 is 0. The van der Waals surface area contributed by atoms with Gasteiger partial charge in [0.2, 0.25) is 0 Å². The Morgan fingerprint density at radius 2 is 2.21 bits per heavy atom. The molecule has 0 bridgehead atoms. The van der Waals surface area contributed by atoms with Gasteiger partial charge in [0, 0.05) is 36.6 Å². The molecule has 1 atom stereocenters. The van der Waals surface area contributed by atoms with Crippen LogP contribution in [0.2, 0.25) is 0 Å². The lowest BCUT2D eigenvalue weighted by atomic mass is 9.92. The van der Waals surface area contributed by atoms with Crippen LogP contribution in [0.15, 0.2) is 18.2 Å². The van der Waals surface area contributed by atoms with Crippen LogP contribution in [0.25, 0.3) is 10.9 Å². The van der Waals surface area contributed by atoms with Gasteiger partial charge in [0.15, 0.2) is 0 Å². The van der Waals surface area contributed by atoms with Crippen molar-refractivity contribution < 1.29 is 4.39 Å². The van der Waals surface area contributed by atoms with Gasteiger partial charge in [-0.2, -0.15) is 0 Å². The Labute approximate surface area is 112 Å². The predicted octanol–water partition coefficient (Wildman–Crippen LogP) is 2.38. The third-order valence-corrected chi connectivity index (χ3v) is 3.79. The fourth-order valence-corrected chi connectivity index (χ4v) is 2.90. The number of halogens is 1. The van der Waals surface area contributed by atoms with Crippen molar-refractivity contribution in [1.82, 2.24) is 9.88 Å². The summed E-state index contributed by atoms with van der Waals surface area (Å²) in [6.07, 6.45) is 0.929. The van der Waals surface area contributed by atoms with Crippen LogP contribution < -0.4 is 5.73 Å². The van der Waals surface area contributed by atoms with Gasteiger partial charge in [-0.15, -0.1) is 0 Å². The molecular formula is C15H18FN3. The van der Waals surface area contributed by atoms with Crippen LogP contribution in [-0.2, 0) is 13.0 Å². The summed E-state index contributed by atoms with van der Waals surface area (Å²) in [6.45, 7) is 3.80. The molecule has 0 amide bonds. The van der Waals surface area contributed by atoms with Crippen molar-refractivity contribution in [2.45, 2.75) is 25.9 Å². The fourth-order valence-electron chi connectivity index (χ4n) is 2.90. The molecule has 0 spiro atoms. The van der Waals surface area contributed by atoms with Crippen molar-refractivity contribution in [3.63, 3.8) is 0 Å². The van der Waals surface area contributed by atoms with Crippen LogP contribution >= 0.6 is 0 Å². The Balaban J connectivity index is 2.34. The number of rotatable bonds is 1. The molecule has 2 heterocycles. The zero-order valence-electron chi connectivity index (χ0n) is 11.3. The number of hydrogen-bond acceptors (Lipinski definition) is 3. The van der Waals surface area contributed by atoms with E-state index < -0.39 is 0 Å². The van der Waals surface area contributed by atoms with Gasteiger partial charge in [-0.05, 0) is 43.3 Å². The largest absolute Gasteiger partial charge is 0.324 e. The zero-order chi connectivity index (χ0) is 13.6. The molecule has 2 aromatic rings. The van der Waals surface area contributed by atoms with Gasteiger partial charge in [0.25, 0.3) is 0 Å². The number of likely N-dealkylation sites (N-methyl/N-ethyl adjacent to an activating group) is 1. The lowest BCUT2D eigenvalue weighted by Gasteiger charge is -2.28. The molecule has 2 N–H and O–H groups in total. The van der Waals surface area contributed by atoms with Crippen molar-refractivity contribution in [2.24, 2.45) is 5.73 Å². The first kappa shape index (κ1) is 12.5. The molecule has 19 heavy (non-hydrogen) atoms. The summed E-state index contributed by atoms with van der Waals surface area (Å²) in [5.41, 5.74) is 10.3. The predicted molar refractivity (Wildman–Crippen MR) is 74.3 cm³/mol. The number of nitrogens with two attached hydrogens (primary N) is 1. The molecule has 1 aliphatic rings. The lowest BCUT2D eigenvalue weighted by molar-refractivity contribution is 0.308. The Morgan fingerprint density at radius 1 is 1.42 bits per heavy atom. The van der Waals surface area contributed by atoms with Gasteiger partial charge >= 0.3 is 0 Å². The van der Waals surface area contributed by atoms with Gasteiger partial charge in [-0.1, -0.05) is 0 Å². The van der Waals surface area contributed by atoms with Gasteiger partial charge in [0.1, 0.15) is 5.82 Å². The SMILES string of the molecule is CC(N)c1c2c(nc3ccc(F)cc13)CCN(C)C2. The lowest BCUT2D eigenvalue weighted by Crippen LogP contribution is -2.29. The summed E-state index contributed by atoms with van der Waals surface area (Å²) in [5, 5.41) is 0.851. The van der Waals surface area contributed by atoms with E-state index in [2.05, 4.69) is 16.9 Å². The fraction of sp³-hybridized carbons (Fsp3) is 0.400. The van der Waals surface area contributed by atoms with E-state index in [1.807, 2.05) is 6.92 Å². The minimum Gasteiger partial charge on any atom is -0.324 e. The van der Waals surface area contributed by atoms with Crippen LogP contribution in [0.4, 0.5) is 4.39 Å². The average molecular weight is 259 g/mol. The van der Waals surface area contributed by atoms with Crippen LogP contribution in [0.1, 0.15) is 29.8 Å². The number of aromatic nitrogens is 1. The third kappa shape index (κ3) is 2.11. The Kier molecular flexibility index (Phi) is 2.99.